The average Bonchev–Trinajstić information content (AvgIpc) is 2.37. The number of hydrogen-bond acceptors (Lipinski definition) is 3. The Kier molecular flexibility index (Phi) is 4.75. The molecule has 1 aromatic heterocycles. The van der Waals surface area contributed by atoms with E-state index in [9.17, 15) is 0 Å². The first-order valence-corrected chi connectivity index (χ1v) is 6.79. The molecule has 1 heterocycles. The predicted octanol–water partition coefficient (Wildman–Crippen LogP) is 3.79. The third-order valence-corrected chi connectivity index (χ3v) is 3.53. The fraction of sp³-hybridized carbons (Fsp3) is 0.692. The zero-order valence-electron chi connectivity index (χ0n) is 10.2. The first-order chi connectivity index (χ1) is 8.31. The van der Waals surface area contributed by atoms with Crippen molar-refractivity contribution in [1.82, 2.24) is 9.97 Å². The Bertz CT molecular complexity index is 353. The molecule has 17 heavy (non-hydrogen) atoms. The maximum atomic E-state index is 5.92. The van der Waals surface area contributed by atoms with Gasteiger partial charge >= 0.3 is 0 Å². The minimum absolute atomic E-state index is 0.0130. The van der Waals surface area contributed by atoms with Crippen molar-refractivity contribution in [3.8, 4) is 0 Å². The second-order valence-corrected chi connectivity index (χ2v) is 4.90. The van der Waals surface area contributed by atoms with E-state index >= 15 is 0 Å². The molecule has 0 bridgehead atoms. The van der Waals surface area contributed by atoms with E-state index in [0.717, 1.165) is 5.82 Å². The number of nitrogens with zero attached hydrogens (tertiary/aromatic N) is 2. The van der Waals surface area contributed by atoms with Crippen molar-refractivity contribution in [3.63, 3.8) is 0 Å². The topological polar surface area (TPSA) is 35.0 Å². The van der Waals surface area contributed by atoms with Gasteiger partial charge in [-0.2, -0.15) is 0 Å². The average molecular weight is 255 g/mol. The van der Waals surface area contributed by atoms with E-state index in [-0.39, 0.29) is 6.10 Å². The Balaban J connectivity index is 2.15. The van der Waals surface area contributed by atoms with E-state index in [1.165, 1.54) is 32.1 Å². The van der Waals surface area contributed by atoms with Crippen molar-refractivity contribution < 1.29 is 4.74 Å². The molecule has 4 heteroatoms. The fourth-order valence-corrected chi connectivity index (χ4v) is 2.67. The van der Waals surface area contributed by atoms with Crippen molar-refractivity contribution in [2.24, 2.45) is 5.92 Å². The van der Waals surface area contributed by atoms with Crippen LogP contribution >= 0.6 is 11.6 Å². The lowest BCUT2D eigenvalue weighted by Gasteiger charge is -2.28. The molecule has 0 aliphatic heterocycles. The van der Waals surface area contributed by atoms with Gasteiger partial charge in [0.15, 0.2) is 5.82 Å². The third-order valence-electron chi connectivity index (χ3n) is 3.32. The Morgan fingerprint density at radius 3 is 2.82 bits per heavy atom. The number of aromatic nitrogens is 2. The molecular formula is C13H19ClN2O. The summed E-state index contributed by atoms with van der Waals surface area (Å²) in [4.78, 5) is 8.61. The summed E-state index contributed by atoms with van der Waals surface area (Å²) in [5.74, 6) is 1.29. The van der Waals surface area contributed by atoms with E-state index in [1.54, 1.807) is 12.3 Å². The molecule has 1 atom stereocenters. The van der Waals surface area contributed by atoms with Gasteiger partial charge in [0.05, 0.1) is 0 Å². The van der Waals surface area contributed by atoms with Crippen molar-refractivity contribution >= 4 is 11.6 Å². The minimum atomic E-state index is 0.0130. The summed E-state index contributed by atoms with van der Waals surface area (Å²) >= 11 is 5.92. The van der Waals surface area contributed by atoms with Gasteiger partial charge in [-0.15, -0.1) is 0 Å². The fourth-order valence-electron chi connectivity index (χ4n) is 2.53. The normalized spacial score (nSPS) is 19.2. The van der Waals surface area contributed by atoms with E-state index in [4.69, 9.17) is 16.3 Å². The standard InChI is InChI=1S/C13H19ClN2O/c1-2-17-12(10-6-4-3-5-7-10)13-15-9-8-11(14)16-13/h8-10,12H,2-7H2,1H3. The van der Waals surface area contributed by atoms with Crippen LogP contribution in [0.2, 0.25) is 5.15 Å². The van der Waals surface area contributed by atoms with Gasteiger partial charge in [0, 0.05) is 12.8 Å². The zero-order valence-corrected chi connectivity index (χ0v) is 11.0. The minimum Gasteiger partial charge on any atom is -0.370 e. The Labute approximate surface area is 108 Å². The lowest BCUT2D eigenvalue weighted by molar-refractivity contribution is -0.000185. The summed E-state index contributed by atoms with van der Waals surface area (Å²) < 4.78 is 5.84. The van der Waals surface area contributed by atoms with Crippen LogP contribution in [0.1, 0.15) is 51.0 Å². The number of rotatable bonds is 4. The number of ether oxygens (including phenoxy) is 1. The maximum Gasteiger partial charge on any atom is 0.159 e. The molecule has 2 rings (SSSR count). The highest BCUT2D eigenvalue weighted by molar-refractivity contribution is 6.29. The van der Waals surface area contributed by atoms with Crippen LogP contribution in [0, 0.1) is 5.92 Å². The summed E-state index contributed by atoms with van der Waals surface area (Å²) in [6.45, 7) is 2.71. The number of hydrogen-bond donors (Lipinski definition) is 0. The van der Waals surface area contributed by atoms with E-state index in [2.05, 4.69) is 9.97 Å². The molecule has 0 N–H and O–H groups in total. The van der Waals surface area contributed by atoms with Crippen molar-refractivity contribution in [1.29, 1.82) is 0 Å². The Hall–Kier alpha value is -0.670. The molecule has 0 amide bonds. The Morgan fingerprint density at radius 2 is 2.18 bits per heavy atom. The Morgan fingerprint density at radius 1 is 1.41 bits per heavy atom. The highest BCUT2D eigenvalue weighted by atomic mass is 35.5. The van der Waals surface area contributed by atoms with Gasteiger partial charge in [-0.05, 0) is 31.7 Å². The van der Waals surface area contributed by atoms with Crippen LogP contribution < -0.4 is 0 Å². The molecule has 0 radical (unpaired) electrons. The molecule has 3 nitrogen and oxygen atoms in total. The van der Waals surface area contributed by atoms with Crippen LogP contribution in [0.4, 0.5) is 0 Å². The summed E-state index contributed by atoms with van der Waals surface area (Å²) in [7, 11) is 0. The highest BCUT2D eigenvalue weighted by Gasteiger charge is 2.27. The lowest BCUT2D eigenvalue weighted by Crippen LogP contribution is -2.21. The van der Waals surface area contributed by atoms with Crippen LogP contribution in [0.15, 0.2) is 12.3 Å². The summed E-state index contributed by atoms with van der Waals surface area (Å²) in [5, 5.41) is 0.496. The summed E-state index contributed by atoms with van der Waals surface area (Å²) in [6, 6.07) is 1.70. The van der Waals surface area contributed by atoms with E-state index in [1.807, 2.05) is 6.92 Å². The molecule has 94 valence electrons. The molecule has 1 aliphatic rings. The molecule has 1 aromatic rings. The highest BCUT2D eigenvalue weighted by Crippen LogP contribution is 2.35. The van der Waals surface area contributed by atoms with Gasteiger partial charge in [0.25, 0.3) is 0 Å². The van der Waals surface area contributed by atoms with Gasteiger partial charge in [-0.3, -0.25) is 0 Å². The number of halogens is 1. The molecule has 1 saturated carbocycles. The van der Waals surface area contributed by atoms with Crippen molar-refractivity contribution in [2.45, 2.75) is 45.1 Å². The SMILES string of the molecule is CCOC(c1nccc(Cl)n1)C1CCCCC1. The van der Waals surface area contributed by atoms with E-state index in [0.29, 0.717) is 17.7 Å². The second kappa shape index (κ2) is 6.31. The quantitative estimate of drug-likeness (QED) is 0.767. The van der Waals surface area contributed by atoms with Crippen molar-refractivity contribution in [2.75, 3.05) is 6.61 Å². The van der Waals surface area contributed by atoms with Gasteiger partial charge < -0.3 is 4.74 Å². The molecule has 0 spiro atoms. The molecule has 1 fully saturated rings. The first-order valence-electron chi connectivity index (χ1n) is 6.41. The summed E-state index contributed by atoms with van der Waals surface area (Å²) in [5.41, 5.74) is 0. The molecule has 1 aliphatic carbocycles. The summed E-state index contributed by atoms with van der Waals surface area (Å²) in [6.07, 6.45) is 8.05. The second-order valence-electron chi connectivity index (χ2n) is 4.51. The van der Waals surface area contributed by atoms with Crippen LogP contribution in [0.25, 0.3) is 0 Å². The first kappa shape index (κ1) is 12.8. The van der Waals surface area contributed by atoms with Gasteiger partial charge in [0.2, 0.25) is 0 Å². The lowest BCUT2D eigenvalue weighted by atomic mass is 9.85. The zero-order chi connectivity index (χ0) is 12.1. The van der Waals surface area contributed by atoms with Crippen LogP contribution in [0.3, 0.4) is 0 Å². The third kappa shape index (κ3) is 3.39. The molecular weight excluding hydrogens is 236 g/mol. The van der Waals surface area contributed by atoms with Gasteiger partial charge in [-0.1, -0.05) is 30.9 Å². The van der Waals surface area contributed by atoms with Crippen LogP contribution in [-0.4, -0.2) is 16.6 Å². The van der Waals surface area contributed by atoms with Gasteiger partial charge in [0.1, 0.15) is 11.3 Å². The monoisotopic (exact) mass is 254 g/mol. The largest absolute Gasteiger partial charge is 0.370 e. The van der Waals surface area contributed by atoms with E-state index < -0.39 is 0 Å². The molecule has 1 unspecified atom stereocenters. The predicted molar refractivity (Wildman–Crippen MR) is 68.0 cm³/mol. The maximum absolute atomic E-state index is 5.92. The van der Waals surface area contributed by atoms with Gasteiger partial charge in [-0.25, -0.2) is 9.97 Å². The molecule has 0 saturated heterocycles. The van der Waals surface area contributed by atoms with Crippen molar-refractivity contribution in [3.05, 3.63) is 23.2 Å². The van der Waals surface area contributed by atoms with Crippen LogP contribution in [-0.2, 0) is 4.74 Å². The molecule has 0 aromatic carbocycles. The smallest absolute Gasteiger partial charge is 0.159 e. The van der Waals surface area contributed by atoms with Crippen LogP contribution in [0.5, 0.6) is 0 Å².